The van der Waals surface area contributed by atoms with Crippen LogP contribution in [0.1, 0.15) is 2.85 Å². The van der Waals surface area contributed by atoms with Gasteiger partial charge < -0.3 is 2.85 Å². The zero-order valence-electron chi connectivity index (χ0n) is 5.53. The summed E-state index contributed by atoms with van der Waals surface area (Å²) < 4.78 is 31.6. The van der Waals surface area contributed by atoms with Gasteiger partial charge in [-0.15, -0.1) is 0 Å². The first-order chi connectivity index (χ1) is 2.00. The van der Waals surface area contributed by atoms with E-state index < -0.39 is 10.4 Å². The monoisotopic (exact) mass is 302 g/mol. The summed E-state index contributed by atoms with van der Waals surface area (Å²) in [7, 11) is -4.67. The first-order valence-electron chi connectivity index (χ1n) is 0.698. The Morgan fingerprint density at radius 2 is 1.29 bits per heavy atom. The Morgan fingerprint density at radius 3 is 1.29 bits per heavy atom. The molecule has 0 fully saturated rings. The quantitative estimate of drug-likeness (QED) is 0.453. The summed E-state index contributed by atoms with van der Waals surface area (Å²) in [5, 5.41) is 0. The van der Waals surface area contributed by atoms with Crippen molar-refractivity contribution in [3.63, 3.8) is 0 Å². The molecular weight excluding hydrogens is 299 g/mol. The van der Waals surface area contributed by atoms with E-state index in [2.05, 4.69) is 0 Å². The van der Waals surface area contributed by atoms with Crippen LogP contribution < -0.4 is 0 Å². The predicted molar refractivity (Wildman–Crippen MR) is 22.2 cm³/mol. The van der Waals surface area contributed by atoms with Gasteiger partial charge in [-0.2, -0.15) is 8.42 Å². The van der Waals surface area contributed by atoms with Crippen molar-refractivity contribution in [2.24, 2.45) is 0 Å². The normalized spacial score (nSPS) is 8.29. The molecule has 0 aromatic rings. The number of rotatable bonds is 0. The molecule has 0 spiro atoms. The van der Waals surface area contributed by atoms with Crippen molar-refractivity contribution >= 4 is 59.3 Å². The molecule has 0 saturated heterocycles. The van der Waals surface area contributed by atoms with Crippen molar-refractivity contribution in [2.75, 3.05) is 0 Å². The Kier molecular flexibility index (Phi) is 14.2. The van der Waals surface area contributed by atoms with Crippen LogP contribution in [0.2, 0.25) is 0 Å². The van der Waals surface area contributed by atoms with Crippen molar-refractivity contribution in [1.82, 2.24) is 0 Å². The molecule has 0 aliphatic carbocycles. The Bertz CT molecular complexity index is 102. The molecule has 0 bridgehead atoms. The van der Waals surface area contributed by atoms with Crippen LogP contribution in [0.3, 0.4) is 0 Å². The van der Waals surface area contributed by atoms with Gasteiger partial charge in [-0.05, 0) is 0 Å². The largest absolute Gasteiger partial charge is 2.00 e. The van der Waals surface area contributed by atoms with Gasteiger partial charge >= 0.3 is 59.3 Å². The van der Waals surface area contributed by atoms with Gasteiger partial charge in [0.1, 0.15) is 0 Å². The summed E-state index contributed by atoms with van der Waals surface area (Å²) in [5.74, 6) is 0. The number of hydrogen-bond donors (Lipinski definition) is 2. The first-order valence-corrected chi connectivity index (χ1v) is 2.10. The van der Waals surface area contributed by atoms with Crippen LogP contribution in [-0.2, 0) is 29.9 Å². The summed E-state index contributed by atoms with van der Waals surface area (Å²) in [5.41, 5.74) is 0. The van der Waals surface area contributed by atoms with E-state index in [-0.39, 0.29) is 71.2 Å². The molecule has 0 heterocycles. The molecule has 0 rings (SSSR count). The summed E-state index contributed by atoms with van der Waals surface area (Å²) in [6.07, 6.45) is 0. The van der Waals surface area contributed by atoms with Gasteiger partial charge in [-0.1, -0.05) is 0 Å². The van der Waals surface area contributed by atoms with Crippen LogP contribution >= 0.6 is 0 Å². The van der Waals surface area contributed by atoms with Crippen molar-refractivity contribution in [2.45, 2.75) is 0 Å². The average Bonchev–Trinajstić information content (AvgIpc) is 0.722. The van der Waals surface area contributed by atoms with E-state index in [0.29, 0.717) is 0 Å². The molecule has 0 aromatic heterocycles. The fraction of sp³-hybridized carbons (Fsp3) is 0. The van der Waals surface area contributed by atoms with Crippen molar-refractivity contribution in [3.05, 3.63) is 0 Å². The van der Waals surface area contributed by atoms with Crippen LogP contribution in [0.25, 0.3) is 0 Å². The molecule has 7 heteroatoms. The molecule has 0 unspecified atom stereocenters. The minimum atomic E-state index is -4.67. The van der Waals surface area contributed by atoms with E-state index in [1.165, 1.54) is 0 Å². The van der Waals surface area contributed by atoms with E-state index in [1.54, 1.807) is 0 Å². The van der Waals surface area contributed by atoms with Crippen LogP contribution in [0, 0.1) is 0 Å². The second kappa shape index (κ2) is 6.19. The maximum Gasteiger partial charge on any atom is 2.00 e. The summed E-state index contributed by atoms with van der Waals surface area (Å²) >= 11 is 0. The molecule has 0 aliphatic heterocycles. The predicted octanol–water partition coefficient (Wildman–Crippen LogP) is -0.811. The molecule has 0 atom stereocenters. The van der Waals surface area contributed by atoms with Crippen LogP contribution in [0.15, 0.2) is 0 Å². The van der Waals surface area contributed by atoms with E-state index in [4.69, 9.17) is 17.5 Å². The third kappa shape index (κ3) is 69.6. The fourth-order valence-electron chi connectivity index (χ4n) is 0. The van der Waals surface area contributed by atoms with Gasteiger partial charge in [0, 0.05) is 19.5 Å². The Labute approximate surface area is 97.4 Å². The Morgan fingerprint density at radius 1 is 1.29 bits per heavy atom. The third-order valence-electron chi connectivity index (χ3n) is 0. The molecule has 0 radical (unpaired) electrons. The molecular formula is H4BaO4SZn. The molecule has 0 amide bonds. The maximum atomic E-state index is 8.74. The molecule has 4 nitrogen and oxygen atoms in total. The van der Waals surface area contributed by atoms with Gasteiger partial charge in [-0.3, -0.25) is 9.11 Å². The van der Waals surface area contributed by atoms with Gasteiger partial charge in [0.25, 0.3) is 0 Å². The smallest absolute Gasteiger partial charge is 1.00 e. The first kappa shape index (κ1) is 16.0. The van der Waals surface area contributed by atoms with Gasteiger partial charge in [-0.25, -0.2) is 0 Å². The molecule has 0 aromatic carbocycles. The SMILES string of the molecule is O=S(=O)(O)O.[Ba+2].[H-].[H-].[Zn]. The third-order valence-corrected chi connectivity index (χ3v) is 0. The Balaban J connectivity index is -0.0000000133. The van der Waals surface area contributed by atoms with Crippen LogP contribution in [0.4, 0.5) is 0 Å². The minimum absolute atomic E-state index is 0. The zero-order chi connectivity index (χ0) is 4.50. The van der Waals surface area contributed by atoms with Gasteiger partial charge in [0.05, 0.1) is 0 Å². The zero-order valence-corrected chi connectivity index (χ0v) is 11.8. The molecule has 7 heavy (non-hydrogen) atoms. The fourth-order valence-corrected chi connectivity index (χ4v) is 0. The van der Waals surface area contributed by atoms with Crippen LogP contribution in [0.5, 0.6) is 0 Å². The second-order valence-electron chi connectivity index (χ2n) is 0.448. The van der Waals surface area contributed by atoms with Crippen molar-refractivity contribution in [1.29, 1.82) is 0 Å². The molecule has 2 N–H and O–H groups in total. The standard InChI is InChI=1S/Ba.H2O4S.Zn.2H/c;1-5(2,3)4;;;/h;(H2,1,2,3,4);;;/q+2;;;2*-1. The summed E-state index contributed by atoms with van der Waals surface area (Å²) in [6.45, 7) is 0. The molecule has 38 valence electrons. The van der Waals surface area contributed by atoms with E-state index in [0.717, 1.165) is 0 Å². The maximum absolute atomic E-state index is 8.74. The molecule has 0 aliphatic rings. The van der Waals surface area contributed by atoms with Crippen molar-refractivity contribution in [3.8, 4) is 0 Å². The Hall–Kier alpha value is 2.06. The van der Waals surface area contributed by atoms with Gasteiger partial charge in [0.2, 0.25) is 0 Å². The molecule has 0 saturated carbocycles. The van der Waals surface area contributed by atoms with E-state index in [1.807, 2.05) is 0 Å². The van der Waals surface area contributed by atoms with E-state index >= 15 is 0 Å². The van der Waals surface area contributed by atoms with Crippen molar-refractivity contribution < 1.29 is 39.9 Å². The second-order valence-corrected chi connectivity index (χ2v) is 1.34. The van der Waals surface area contributed by atoms with Crippen LogP contribution in [-0.4, -0.2) is 66.4 Å². The number of hydrogen-bond acceptors (Lipinski definition) is 2. The van der Waals surface area contributed by atoms with Gasteiger partial charge in [0.15, 0.2) is 0 Å². The minimum Gasteiger partial charge on any atom is -1.00 e. The summed E-state index contributed by atoms with van der Waals surface area (Å²) in [6, 6.07) is 0. The topological polar surface area (TPSA) is 74.6 Å². The van der Waals surface area contributed by atoms with E-state index in [9.17, 15) is 0 Å². The average molecular weight is 303 g/mol. The summed E-state index contributed by atoms with van der Waals surface area (Å²) in [4.78, 5) is 0.